The molecule has 0 amide bonds. The molecule has 5 heteroatoms. The fourth-order valence-corrected chi connectivity index (χ4v) is 1.01. The second kappa shape index (κ2) is 4.94. The summed E-state index contributed by atoms with van der Waals surface area (Å²) in [4.78, 5) is 4.08. The molecule has 0 spiro atoms. The number of rotatable bonds is 5. The van der Waals surface area contributed by atoms with Gasteiger partial charge in [-0.2, -0.15) is 5.10 Å². The van der Waals surface area contributed by atoms with E-state index in [9.17, 15) is 0 Å². The number of aliphatic hydroxyl groups is 1. The Labute approximate surface area is 77.8 Å². The zero-order chi connectivity index (χ0) is 9.68. The van der Waals surface area contributed by atoms with Crippen LogP contribution >= 0.6 is 0 Å². The van der Waals surface area contributed by atoms with Crippen LogP contribution in [0.2, 0.25) is 0 Å². The molecule has 0 radical (unpaired) electrons. The molecule has 1 rings (SSSR count). The summed E-state index contributed by atoms with van der Waals surface area (Å²) in [5.74, 6) is 0.834. The average Bonchev–Trinajstić information content (AvgIpc) is 2.45. The van der Waals surface area contributed by atoms with Gasteiger partial charge in [-0.15, -0.1) is 0 Å². The van der Waals surface area contributed by atoms with E-state index in [0.717, 1.165) is 18.8 Å². The fraction of sp³-hybridized carbons (Fsp3) is 0.750. The molecular formula is C8H16N4O. The zero-order valence-corrected chi connectivity index (χ0v) is 8.06. The quantitative estimate of drug-likeness (QED) is 0.596. The normalized spacial score (nSPS) is 13.2. The Kier molecular flexibility index (Phi) is 3.85. The van der Waals surface area contributed by atoms with E-state index >= 15 is 0 Å². The minimum absolute atomic E-state index is 0.295. The van der Waals surface area contributed by atoms with Crippen molar-refractivity contribution >= 4 is 0 Å². The summed E-state index contributed by atoms with van der Waals surface area (Å²) >= 11 is 0. The monoisotopic (exact) mass is 184 g/mol. The molecule has 0 fully saturated rings. The van der Waals surface area contributed by atoms with Crippen molar-refractivity contribution < 1.29 is 5.11 Å². The van der Waals surface area contributed by atoms with Crippen molar-refractivity contribution in [1.82, 2.24) is 20.1 Å². The Hall–Kier alpha value is -0.940. The van der Waals surface area contributed by atoms with E-state index in [-0.39, 0.29) is 6.10 Å². The van der Waals surface area contributed by atoms with Crippen LogP contribution in [0.3, 0.4) is 0 Å². The summed E-state index contributed by atoms with van der Waals surface area (Å²) in [5.41, 5.74) is 0. The molecule has 5 nitrogen and oxygen atoms in total. The zero-order valence-electron chi connectivity index (χ0n) is 8.06. The molecule has 1 heterocycles. The molecule has 0 saturated carbocycles. The number of hydrogen-bond acceptors (Lipinski definition) is 4. The van der Waals surface area contributed by atoms with Gasteiger partial charge in [0.05, 0.1) is 6.10 Å². The summed E-state index contributed by atoms with van der Waals surface area (Å²) in [6, 6.07) is 0. The fourth-order valence-electron chi connectivity index (χ4n) is 1.01. The van der Waals surface area contributed by atoms with Crippen molar-refractivity contribution in [2.24, 2.45) is 7.05 Å². The van der Waals surface area contributed by atoms with E-state index in [1.807, 2.05) is 7.05 Å². The standard InChI is InChI=1S/C8H16N4O/c1-7(13)5-9-4-3-8-10-6-12(2)11-8/h6-7,9,13H,3-5H2,1-2H3/t7-/m0/s1. The van der Waals surface area contributed by atoms with Crippen LogP contribution in [0.5, 0.6) is 0 Å². The Morgan fingerprint density at radius 2 is 2.46 bits per heavy atom. The molecular weight excluding hydrogens is 168 g/mol. The smallest absolute Gasteiger partial charge is 0.151 e. The lowest BCUT2D eigenvalue weighted by Crippen LogP contribution is -2.26. The van der Waals surface area contributed by atoms with Crippen molar-refractivity contribution in [3.05, 3.63) is 12.2 Å². The van der Waals surface area contributed by atoms with Crippen LogP contribution in [0.15, 0.2) is 6.33 Å². The molecule has 1 aromatic rings. The largest absolute Gasteiger partial charge is 0.392 e. The molecule has 1 aromatic heterocycles. The van der Waals surface area contributed by atoms with E-state index in [1.165, 1.54) is 0 Å². The highest BCUT2D eigenvalue weighted by atomic mass is 16.3. The molecule has 0 unspecified atom stereocenters. The first-order valence-corrected chi connectivity index (χ1v) is 4.42. The molecule has 13 heavy (non-hydrogen) atoms. The highest BCUT2D eigenvalue weighted by Crippen LogP contribution is 1.88. The van der Waals surface area contributed by atoms with E-state index in [0.29, 0.717) is 6.54 Å². The summed E-state index contributed by atoms with van der Waals surface area (Å²) in [7, 11) is 1.85. The van der Waals surface area contributed by atoms with Crippen LogP contribution in [0.4, 0.5) is 0 Å². The Bertz CT molecular complexity index is 246. The third kappa shape index (κ3) is 4.00. The maximum Gasteiger partial charge on any atom is 0.151 e. The number of aryl methyl sites for hydroxylation is 1. The Morgan fingerprint density at radius 1 is 1.69 bits per heavy atom. The third-order valence-corrected chi connectivity index (χ3v) is 1.61. The highest BCUT2D eigenvalue weighted by molar-refractivity contribution is 4.81. The number of hydrogen-bond donors (Lipinski definition) is 2. The van der Waals surface area contributed by atoms with Gasteiger partial charge < -0.3 is 10.4 Å². The summed E-state index contributed by atoms with van der Waals surface area (Å²) in [6.07, 6.45) is 2.19. The molecule has 0 aliphatic rings. The number of aliphatic hydroxyl groups excluding tert-OH is 1. The van der Waals surface area contributed by atoms with E-state index < -0.39 is 0 Å². The summed E-state index contributed by atoms with van der Waals surface area (Å²) in [5, 5.41) is 16.2. The van der Waals surface area contributed by atoms with Crippen LogP contribution in [-0.4, -0.2) is 39.1 Å². The minimum Gasteiger partial charge on any atom is -0.392 e. The van der Waals surface area contributed by atoms with Crippen molar-refractivity contribution in [3.8, 4) is 0 Å². The van der Waals surface area contributed by atoms with Crippen LogP contribution in [0.25, 0.3) is 0 Å². The van der Waals surface area contributed by atoms with Gasteiger partial charge in [-0.05, 0) is 6.92 Å². The van der Waals surface area contributed by atoms with Gasteiger partial charge in [0.1, 0.15) is 6.33 Å². The topological polar surface area (TPSA) is 63.0 Å². The Balaban J connectivity index is 2.13. The lowest BCUT2D eigenvalue weighted by atomic mass is 10.3. The van der Waals surface area contributed by atoms with Gasteiger partial charge in [-0.3, -0.25) is 4.68 Å². The molecule has 74 valence electrons. The van der Waals surface area contributed by atoms with Crippen LogP contribution in [0.1, 0.15) is 12.7 Å². The first kappa shape index (κ1) is 10.1. The molecule has 0 aromatic carbocycles. The molecule has 0 aliphatic carbocycles. The molecule has 2 N–H and O–H groups in total. The van der Waals surface area contributed by atoms with Crippen molar-refractivity contribution in [2.75, 3.05) is 13.1 Å². The average molecular weight is 184 g/mol. The van der Waals surface area contributed by atoms with Gasteiger partial charge in [0, 0.05) is 26.6 Å². The first-order valence-electron chi connectivity index (χ1n) is 4.42. The van der Waals surface area contributed by atoms with Gasteiger partial charge in [-0.25, -0.2) is 4.98 Å². The summed E-state index contributed by atoms with van der Waals surface area (Å²) < 4.78 is 1.68. The molecule has 0 aliphatic heterocycles. The van der Waals surface area contributed by atoms with Gasteiger partial charge >= 0.3 is 0 Å². The van der Waals surface area contributed by atoms with E-state index in [2.05, 4.69) is 15.4 Å². The van der Waals surface area contributed by atoms with Crippen LogP contribution in [0, 0.1) is 0 Å². The number of nitrogens with zero attached hydrogens (tertiary/aromatic N) is 3. The predicted octanol–water partition coefficient (Wildman–Crippen LogP) is -0.672. The minimum atomic E-state index is -0.295. The predicted molar refractivity (Wildman–Crippen MR) is 49.3 cm³/mol. The SMILES string of the molecule is C[C@H](O)CNCCc1ncn(C)n1. The van der Waals surface area contributed by atoms with E-state index in [1.54, 1.807) is 17.9 Å². The number of nitrogens with one attached hydrogen (secondary N) is 1. The maximum atomic E-state index is 8.96. The number of aromatic nitrogens is 3. The highest BCUT2D eigenvalue weighted by Gasteiger charge is 1.98. The third-order valence-electron chi connectivity index (χ3n) is 1.61. The second-order valence-electron chi connectivity index (χ2n) is 3.14. The maximum absolute atomic E-state index is 8.96. The molecule has 0 bridgehead atoms. The van der Waals surface area contributed by atoms with Crippen molar-refractivity contribution in [3.63, 3.8) is 0 Å². The van der Waals surface area contributed by atoms with E-state index in [4.69, 9.17) is 5.11 Å². The van der Waals surface area contributed by atoms with Gasteiger partial charge in [0.15, 0.2) is 5.82 Å². The van der Waals surface area contributed by atoms with Crippen molar-refractivity contribution in [1.29, 1.82) is 0 Å². The Morgan fingerprint density at radius 3 is 3.00 bits per heavy atom. The summed E-state index contributed by atoms with van der Waals surface area (Å²) in [6.45, 7) is 3.17. The van der Waals surface area contributed by atoms with Crippen LogP contribution < -0.4 is 5.32 Å². The lowest BCUT2D eigenvalue weighted by Gasteiger charge is -2.04. The van der Waals surface area contributed by atoms with Crippen molar-refractivity contribution in [2.45, 2.75) is 19.4 Å². The molecule has 1 atom stereocenters. The lowest BCUT2D eigenvalue weighted by molar-refractivity contribution is 0.191. The van der Waals surface area contributed by atoms with Gasteiger partial charge in [0.25, 0.3) is 0 Å². The second-order valence-corrected chi connectivity index (χ2v) is 3.14. The first-order chi connectivity index (χ1) is 6.18. The molecule has 0 saturated heterocycles. The van der Waals surface area contributed by atoms with Crippen LogP contribution in [-0.2, 0) is 13.5 Å². The van der Waals surface area contributed by atoms with Gasteiger partial charge in [-0.1, -0.05) is 0 Å². The van der Waals surface area contributed by atoms with Gasteiger partial charge in [0.2, 0.25) is 0 Å².